The summed E-state index contributed by atoms with van der Waals surface area (Å²) in [5.41, 5.74) is 9.35. The molecule has 4 aliphatic rings. The second-order valence-electron chi connectivity index (χ2n) is 19.0. The van der Waals surface area contributed by atoms with Crippen LogP contribution in [0.15, 0.2) is 96.0 Å². The lowest BCUT2D eigenvalue weighted by Crippen LogP contribution is -2.39. The minimum Gasteiger partial charge on any atom is -0.493 e. The van der Waals surface area contributed by atoms with Crippen molar-refractivity contribution in [2.75, 3.05) is 96.2 Å². The van der Waals surface area contributed by atoms with Crippen LogP contribution in [0.5, 0.6) is 23.0 Å². The first kappa shape index (κ1) is 51.0. The molecule has 1 amide bonds. The molecule has 0 radical (unpaired) electrons. The number of ketones is 1. The molecule has 73 heavy (non-hydrogen) atoms. The molecule has 15 heteroatoms. The lowest BCUT2D eigenvalue weighted by Gasteiger charge is -2.32. The smallest absolute Gasteiger partial charge is 0.305 e. The van der Waals surface area contributed by atoms with Gasteiger partial charge in [0.15, 0.2) is 28.8 Å². The number of rotatable bonds is 22. The van der Waals surface area contributed by atoms with E-state index >= 15 is 0 Å². The normalized spacial score (nSPS) is 18.3. The Morgan fingerprint density at radius 1 is 0.740 bits per heavy atom. The zero-order valence-electron chi connectivity index (χ0n) is 42.5. The Morgan fingerprint density at radius 2 is 1.42 bits per heavy atom. The van der Waals surface area contributed by atoms with E-state index in [1.165, 1.54) is 18.2 Å². The summed E-state index contributed by atoms with van der Waals surface area (Å²) in [7, 11) is 6.17. The van der Waals surface area contributed by atoms with Gasteiger partial charge in [-0.25, -0.2) is 0 Å². The Balaban J connectivity index is 0.999. The summed E-state index contributed by atoms with van der Waals surface area (Å²) in [5.74, 6) is 1.42. The van der Waals surface area contributed by atoms with Crippen molar-refractivity contribution >= 4 is 46.6 Å². The Hall–Kier alpha value is -6.94. The number of anilines is 3. The minimum absolute atomic E-state index is 0.0196. The third kappa shape index (κ3) is 11.6. The molecule has 9 rings (SSSR count). The van der Waals surface area contributed by atoms with Gasteiger partial charge < -0.3 is 53.0 Å². The summed E-state index contributed by atoms with van der Waals surface area (Å²) in [6.07, 6.45) is 5.28. The molecule has 0 aromatic heterocycles. The number of benzene rings is 5. The summed E-state index contributed by atoms with van der Waals surface area (Å²) >= 11 is 0. The third-order valence-corrected chi connectivity index (χ3v) is 14.4. The number of Topliss-reactive ketones (excluding diaryl/α,β-unsaturated/α-hetero) is 1. The Kier molecular flexibility index (Phi) is 16.6. The zero-order chi connectivity index (χ0) is 50.8. The number of nitrogens with one attached hydrogen (secondary N) is 1. The fourth-order valence-electron chi connectivity index (χ4n) is 10.6. The van der Waals surface area contributed by atoms with E-state index in [9.17, 15) is 14.4 Å². The van der Waals surface area contributed by atoms with Crippen LogP contribution in [0, 0.1) is 11.8 Å². The number of para-hydroxylation sites is 1. The Bertz CT molecular complexity index is 2810. The van der Waals surface area contributed by atoms with Gasteiger partial charge in [0.25, 0.3) is 5.91 Å². The van der Waals surface area contributed by atoms with E-state index in [1.54, 1.807) is 33.5 Å². The second-order valence-corrected chi connectivity index (χ2v) is 19.0. The van der Waals surface area contributed by atoms with Gasteiger partial charge in [-0.05, 0) is 102 Å². The lowest BCUT2D eigenvalue weighted by molar-refractivity contribution is -0.140. The Labute approximate surface area is 427 Å². The van der Waals surface area contributed by atoms with Gasteiger partial charge >= 0.3 is 5.97 Å². The maximum absolute atomic E-state index is 14.4. The van der Waals surface area contributed by atoms with Crippen LogP contribution < -0.4 is 34.1 Å². The van der Waals surface area contributed by atoms with Crippen molar-refractivity contribution in [3.05, 3.63) is 130 Å². The molecule has 3 unspecified atom stereocenters. The topological polar surface area (TPSA) is 156 Å². The first-order valence-electron chi connectivity index (χ1n) is 25.3. The summed E-state index contributed by atoms with van der Waals surface area (Å²) in [4.78, 5) is 49.9. The molecule has 4 atom stereocenters. The highest BCUT2D eigenvalue weighted by molar-refractivity contribution is 6.12. The highest BCUT2D eigenvalue weighted by Gasteiger charge is 2.38. The molecule has 0 saturated heterocycles. The maximum Gasteiger partial charge on any atom is 0.305 e. The minimum atomic E-state index is -0.286. The van der Waals surface area contributed by atoms with E-state index < -0.39 is 0 Å². The van der Waals surface area contributed by atoms with Crippen molar-refractivity contribution in [2.45, 2.75) is 64.2 Å². The number of esters is 1. The van der Waals surface area contributed by atoms with E-state index in [0.717, 1.165) is 47.3 Å². The molecular formula is C58H66N4O11. The van der Waals surface area contributed by atoms with E-state index in [-0.39, 0.29) is 61.1 Å². The van der Waals surface area contributed by atoms with Crippen LogP contribution >= 0.6 is 0 Å². The summed E-state index contributed by atoms with van der Waals surface area (Å²) in [5, 5.41) is 3.53. The van der Waals surface area contributed by atoms with Crippen LogP contribution in [-0.2, 0) is 49.8 Å². The molecule has 1 aliphatic carbocycles. The van der Waals surface area contributed by atoms with Gasteiger partial charge in [-0.15, -0.1) is 0 Å². The van der Waals surface area contributed by atoms with Gasteiger partial charge in [0.05, 0.1) is 77.3 Å². The van der Waals surface area contributed by atoms with E-state index in [4.69, 9.17) is 42.9 Å². The van der Waals surface area contributed by atoms with Crippen molar-refractivity contribution in [3.63, 3.8) is 0 Å². The van der Waals surface area contributed by atoms with Crippen LogP contribution in [-0.4, -0.2) is 111 Å². The molecule has 0 fully saturated rings. The first-order chi connectivity index (χ1) is 35.7. The lowest BCUT2D eigenvalue weighted by atomic mass is 9.71. The maximum atomic E-state index is 14.4. The van der Waals surface area contributed by atoms with E-state index in [2.05, 4.69) is 52.7 Å². The summed E-state index contributed by atoms with van der Waals surface area (Å²) in [6.45, 7) is 6.15. The van der Waals surface area contributed by atoms with Gasteiger partial charge in [-0.3, -0.25) is 19.4 Å². The van der Waals surface area contributed by atoms with Gasteiger partial charge in [-0.2, -0.15) is 0 Å². The van der Waals surface area contributed by atoms with Crippen LogP contribution in [0.1, 0.15) is 80.6 Å². The van der Waals surface area contributed by atoms with Crippen molar-refractivity contribution in [3.8, 4) is 23.0 Å². The molecule has 0 spiro atoms. The van der Waals surface area contributed by atoms with Crippen LogP contribution in [0.4, 0.5) is 22.7 Å². The number of carbonyl (C=O) groups is 3. The number of hydrogen-bond acceptors (Lipinski definition) is 14. The zero-order valence-corrected chi connectivity index (χ0v) is 42.5. The average Bonchev–Trinajstić information content (AvgIpc) is 3.75. The predicted molar refractivity (Wildman–Crippen MR) is 280 cm³/mol. The van der Waals surface area contributed by atoms with Gasteiger partial charge in [0, 0.05) is 74.4 Å². The fraction of sp³-hybridized carbons (Fsp3) is 0.414. The quantitative estimate of drug-likeness (QED) is 0.0518. The largest absolute Gasteiger partial charge is 0.493 e. The number of ether oxygens (including phenoxy) is 8. The summed E-state index contributed by atoms with van der Waals surface area (Å²) in [6, 6.07) is 29.8. The van der Waals surface area contributed by atoms with Crippen LogP contribution in [0.2, 0.25) is 0 Å². The molecule has 1 N–H and O–H groups in total. The molecule has 3 heterocycles. The molecule has 0 saturated carbocycles. The molecule has 15 nitrogen and oxygen atoms in total. The number of hydrogen-bond donors (Lipinski definition) is 1. The molecule has 5 aromatic rings. The standard InChI is InChI=1S/C58H66N4O11/c1-37-46-27-38(24-41-11-6-8-13-45(41)46)33-59-49-31-54(52(67-3)29-47(49)57(37)64)72-35-39-23-40(26-43(25-39)61(16-10-15-56(63)69-5)17-18-70-21-22-71-20-19-66-2)36-73-55-32-50-48(30-53(55)68-4)58(65)62-44(34-60-50)28-42-12-7-9-14-51(42)62/h6-9,11-14,23,25-26,29-33,37-38,44,46,60H,10,15-22,24,27-28,34-36H2,1-5H3/t37?,38?,44-,46?/m0/s1. The Morgan fingerprint density at radius 3 is 2.16 bits per heavy atom. The van der Waals surface area contributed by atoms with Gasteiger partial charge in [-0.1, -0.05) is 49.4 Å². The number of carbonyl (C=O) groups excluding carboxylic acids is 3. The number of methoxy groups -OCH3 is 4. The number of nitrogens with zero attached hydrogens (tertiary/aromatic N) is 3. The van der Waals surface area contributed by atoms with Gasteiger partial charge in [0.1, 0.15) is 13.2 Å². The van der Waals surface area contributed by atoms with Gasteiger partial charge in [0.2, 0.25) is 0 Å². The molecule has 3 aliphatic heterocycles. The van der Waals surface area contributed by atoms with Crippen LogP contribution in [0.25, 0.3) is 0 Å². The van der Waals surface area contributed by atoms with Crippen molar-refractivity contribution in [1.29, 1.82) is 0 Å². The fourth-order valence-corrected chi connectivity index (χ4v) is 10.6. The van der Waals surface area contributed by atoms with Crippen molar-refractivity contribution < 1.29 is 52.3 Å². The van der Waals surface area contributed by atoms with Crippen molar-refractivity contribution in [1.82, 2.24) is 0 Å². The first-order valence-corrected chi connectivity index (χ1v) is 25.3. The highest BCUT2D eigenvalue weighted by Crippen LogP contribution is 2.45. The monoisotopic (exact) mass is 994 g/mol. The summed E-state index contributed by atoms with van der Waals surface area (Å²) < 4.78 is 46.8. The van der Waals surface area contributed by atoms with E-state index in [1.807, 2.05) is 54.4 Å². The predicted octanol–water partition coefficient (Wildman–Crippen LogP) is 9.18. The molecule has 384 valence electrons. The average molecular weight is 995 g/mol. The number of aliphatic imine (C=N–C) groups is 1. The number of fused-ring (bicyclic) bond motifs is 9. The molecule has 2 bridgehead atoms. The molecule has 5 aromatic carbocycles. The second kappa shape index (κ2) is 23.7. The SMILES string of the molecule is COCCOCCOCCN(CCCC(=O)OC)c1cc(COc2cc3c(cc2OC)C(=O)C(C)C2CC(C=N3)Cc3ccccc32)cc(COc2cc3c(cc2OC)C(=O)N2c4ccccc4C[C@H]2CN3)c1. The molecular weight excluding hydrogens is 929 g/mol. The van der Waals surface area contributed by atoms with Crippen molar-refractivity contribution in [2.24, 2.45) is 16.8 Å². The number of amides is 1. The third-order valence-electron chi connectivity index (χ3n) is 14.4. The van der Waals surface area contributed by atoms with Crippen LogP contribution in [0.3, 0.4) is 0 Å². The highest BCUT2D eigenvalue weighted by atomic mass is 16.5. The van der Waals surface area contributed by atoms with E-state index in [0.29, 0.717) is 105 Å².